The molecule has 25 heavy (non-hydrogen) atoms. The Hall–Kier alpha value is -3.33. The van der Waals surface area contributed by atoms with Gasteiger partial charge in [-0.25, -0.2) is 4.79 Å². The molecule has 0 unspecified atom stereocenters. The maximum Gasteiger partial charge on any atom is 0.407 e. The van der Waals surface area contributed by atoms with E-state index < -0.39 is 11.0 Å². The van der Waals surface area contributed by atoms with Gasteiger partial charge in [-0.3, -0.25) is 10.1 Å². The van der Waals surface area contributed by atoms with Crippen molar-refractivity contribution in [1.29, 1.82) is 0 Å². The Morgan fingerprint density at radius 2 is 2.00 bits per heavy atom. The summed E-state index contributed by atoms with van der Waals surface area (Å²) < 4.78 is 5.09. The third-order valence-electron chi connectivity index (χ3n) is 3.38. The number of alkyl carbamates (subject to hydrolysis) is 1. The van der Waals surface area contributed by atoms with Gasteiger partial charge in [0.15, 0.2) is 0 Å². The van der Waals surface area contributed by atoms with Gasteiger partial charge < -0.3 is 10.1 Å². The van der Waals surface area contributed by atoms with E-state index >= 15 is 0 Å². The van der Waals surface area contributed by atoms with Crippen molar-refractivity contribution >= 4 is 11.8 Å². The van der Waals surface area contributed by atoms with E-state index in [0.717, 1.165) is 16.7 Å². The molecule has 0 radical (unpaired) electrons. The van der Waals surface area contributed by atoms with Gasteiger partial charge in [0.1, 0.15) is 6.61 Å². The Morgan fingerprint density at radius 3 is 2.68 bits per heavy atom. The number of nitro benzene ring substituents is 1. The first kappa shape index (κ1) is 18.0. The molecule has 6 nitrogen and oxygen atoms in total. The molecule has 0 saturated heterocycles. The minimum absolute atomic E-state index is 0.0471. The molecule has 0 heterocycles. The van der Waals surface area contributed by atoms with Crippen LogP contribution in [0.5, 0.6) is 0 Å². The Kier molecular flexibility index (Phi) is 6.55. The first-order valence-electron chi connectivity index (χ1n) is 7.75. The number of benzene rings is 2. The minimum atomic E-state index is -0.489. The molecule has 0 aliphatic carbocycles. The molecule has 0 bridgehead atoms. The van der Waals surface area contributed by atoms with Gasteiger partial charge in [-0.1, -0.05) is 42.2 Å². The molecule has 0 atom stereocenters. The second-order valence-corrected chi connectivity index (χ2v) is 5.30. The lowest BCUT2D eigenvalue weighted by molar-refractivity contribution is -0.384. The highest BCUT2D eigenvalue weighted by Crippen LogP contribution is 2.16. The largest absolute Gasteiger partial charge is 0.445 e. The monoisotopic (exact) mass is 338 g/mol. The average Bonchev–Trinajstić information content (AvgIpc) is 2.61. The van der Waals surface area contributed by atoms with E-state index in [1.165, 1.54) is 12.1 Å². The van der Waals surface area contributed by atoms with E-state index in [2.05, 4.69) is 17.2 Å². The lowest BCUT2D eigenvalue weighted by Gasteiger charge is -2.05. The van der Waals surface area contributed by atoms with Crippen LogP contribution in [0.3, 0.4) is 0 Å². The minimum Gasteiger partial charge on any atom is -0.445 e. The summed E-state index contributed by atoms with van der Waals surface area (Å²) in [6, 6.07) is 14.0. The second-order valence-electron chi connectivity index (χ2n) is 5.30. The summed E-state index contributed by atoms with van der Waals surface area (Å²) in [6.07, 6.45) is -0.0335. The molecule has 6 heteroatoms. The molecular formula is C19H18N2O4. The molecule has 1 amide bonds. The molecule has 128 valence electrons. The number of aryl methyl sites for hydroxylation is 1. The van der Waals surface area contributed by atoms with E-state index in [4.69, 9.17) is 4.74 Å². The molecule has 0 aromatic heterocycles. The first-order valence-corrected chi connectivity index (χ1v) is 7.75. The fraction of sp³-hybridized carbons (Fsp3) is 0.211. The third kappa shape index (κ3) is 5.99. The van der Waals surface area contributed by atoms with Crippen LogP contribution in [0.15, 0.2) is 48.5 Å². The van der Waals surface area contributed by atoms with Crippen molar-refractivity contribution in [2.45, 2.75) is 20.0 Å². The standard InChI is InChI=1S/C19H18N2O4/c1-15-13-18(21(23)24)11-10-17(15)9-5-6-12-20-19(22)25-14-16-7-3-2-4-8-16/h2-4,7-8,10-11,13H,6,12,14H2,1H3,(H,20,22). The van der Waals surface area contributed by atoms with Gasteiger partial charge in [0.2, 0.25) is 0 Å². The number of hydrogen-bond acceptors (Lipinski definition) is 4. The normalized spacial score (nSPS) is 9.64. The van der Waals surface area contributed by atoms with Crippen LogP contribution >= 0.6 is 0 Å². The Balaban J connectivity index is 1.73. The van der Waals surface area contributed by atoms with E-state index in [-0.39, 0.29) is 12.3 Å². The maximum atomic E-state index is 11.6. The topological polar surface area (TPSA) is 81.5 Å². The lowest BCUT2D eigenvalue weighted by atomic mass is 10.1. The smallest absolute Gasteiger partial charge is 0.407 e. The van der Waals surface area contributed by atoms with Crippen LogP contribution in [-0.4, -0.2) is 17.6 Å². The summed E-state index contributed by atoms with van der Waals surface area (Å²) in [7, 11) is 0. The predicted molar refractivity (Wildman–Crippen MR) is 94.0 cm³/mol. The van der Waals surface area contributed by atoms with Gasteiger partial charge in [-0.15, -0.1) is 0 Å². The van der Waals surface area contributed by atoms with Crippen LogP contribution < -0.4 is 5.32 Å². The van der Waals surface area contributed by atoms with Crippen LogP contribution in [0.25, 0.3) is 0 Å². The maximum absolute atomic E-state index is 11.6. The highest BCUT2D eigenvalue weighted by molar-refractivity contribution is 5.67. The number of ether oxygens (including phenoxy) is 1. The molecule has 2 rings (SSSR count). The van der Waals surface area contributed by atoms with Gasteiger partial charge in [0.25, 0.3) is 5.69 Å². The van der Waals surface area contributed by atoms with Gasteiger partial charge in [-0.2, -0.15) is 0 Å². The Bertz CT molecular complexity index is 807. The second kappa shape index (κ2) is 9.08. The number of nitrogens with zero attached hydrogens (tertiary/aromatic N) is 1. The number of rotatable bonds is 5. The molecule has 0 spiro atoms. The molecule has 0 saturated carbocycles. The van der Waals surface area contributed by atoms with E-state index in [9.17, 15) is 14.9 Å². The summed E-state index contributed by atoms with van der Waals surface area (Å²) in [6.45, 7) is 2.36. The van der Waals surface area contributed by atoms with Crippen LogP contribution in [-0.2, 0) is 11.3 Å². The van der Waals surface area contributed by atoms with Crippen molar-refractivity contribution in [2.75, 3.05) is 6.54 Å². The average molecular weight is 338 g/mol. The van der Waals surface area contributed by atoms with Crippen molar-refractivity contribution in [3.05, 3.63) is 75.3 Å². The summed E-state index contributed by atoms with van der Waals surface area (Å²) in [4.78, 5) is 21.8. The summed E-state index contributed by atoms with van der Waals surface area (Å²) in [5, 5.41) is 13.3. The van der Waals surface area contributed by atoms with Gasteiger partial charge in [0, 0.05) is 30.7 Å². The van der Waals surface area contributed by atoms with Gasteiger partial charge in [-0.05, 0) is 24.1 Å². The van der Waals surface area contributed by atoms with Crippen LogP contribution in [0, 0.1) is 28.9 Å². The molecular weight excluding hydrogens is 320 g/mol. The van der Waals surface area contributed by atoms with Crippen molar-refractivity contribution in [1.82, 2.24) is 5.32 Å². The SMILES string of the molecule is Cc1cc([N+](=O)[O-])ccc1C#CCCNC(=O)OCc1ccccc1. The number of hydrogen-bond donors (Lipinski definition) is 1. The fourth-order valence-electron chi connectivity index (χ4n) is 2.06. The summed E-state index contributed by atoms with van der Waals surface area (Å²) in [5.74, 6) is 5.88. The van der Waals surface area contributed by atoms with Crippen LogP contribution in [0.2, 0.25) is 0 Å². The molecule has 0 aliphatic heterocycles. The Labute approximate surface area is 146 Å². The van der Waals surface area contributed by atoms with Crippen LogP contribution in [0.1, 0.15) is 23.1 Å². The number of carbonyl (C=O) groups is 1. The molecule has 0 aliphatic rings. The number of carbonyl (C=O) groups excluding carboxylic acids is 1. The number of nitro groups is 1. The summed E-state index contributed by atoms with van der Waals surface area (Å²) in [5.41, 5.74) is 2.45. The molecule has 0 fully saturated rings. The fourth-order valence-corrected chi connectivity index (χ4v) is 2.06. The molecule has 1 N–H and O–H groups in total. The van der Waals surface area contributed by atoms with E-state index in [1.54, 1.807) is 13.0 Å². The zero-order chi connectivity index (χ0) is 18.1. The van der Waals surface area contributed by atoms with Crippen molar-refractivity contribution in [3.8, 4) is 11.8 Å². The van der Waals surface area contributed by atoms with E-state index in [0.29, 0.717) is 13.0 Å². The predicted octanol–water partition coefficient (Wildman–Crippen LogP) is 3.57. The number of nitrogens with one attached hydrogen (secondary N) is 1. The summed E-state index contributed by atoms with van der Waals surface area (Å²) >= 11 is 0. The van der Waals surface area contributed by atoms with E-state index in [1.807, 2.05) is 30.3 Å². The quantitative estimate of drug-likeness (QED) is 0.391. The Morgan fingerprint density at radius 1 is 1.24 bits per heavy atom. The van der Waals surface area contributed by atoms with Gasteiger partial charge >= 0.3 is 6.09 Å². The first-order chi connectivity index (χ1) is 12.1. The molecule has 2 aromatic rings. The van der Waals surface area contributed by atoms with Gasteiger partial charge in [0.05, 0.1) is 4.92 Å². The van der Waals surface area contributed by atoms with Crippen molar-refractivity contribution < 1.29 is 14.5 Å². The highest BCUT2D eigenvalue weighted by Gasteiger charge is 2.06. The lowest BCUT2D eigenvalue weighted by Crippen LogP contribution is -2.24. The van der Waals surface area contributed by atoms with Crippen molar-refractivity contribution in [3.63, 3.8) is 0 Å². The number of non-ortho nitro benzene ring substituents is 1. The molecule has 2 aromatic carbocycles. The zero-order valence-corrected chi connectivity index (χ0v) is 13.8. The highest BCUT2D eigenvalue weighted by atomic mass is 16.6. The van der Waals surface area contributed by atoms with Crippen LogP contribution in [0.4, 0.5) is 10.5 Å². The third-order valence-corrected chi connectivity index (χ3v) is 3.38. The number of amides is 1. The zero-order valence-electron chi connectivity index (χ0n) is 13.8. The van der Waals surface area contributed by atoms with Crippen molar-refractivity contribution in [2.24, 2.45) is 0 Å².